The lowest BCUT2D eigenvalue weighted by molar-refractivity contribution is -0.129. The Morgan fingerprint density at radius 1 is 1.37 bits per heavy atom. The van der Waals surface area contributed by atoms with Crippen molar-refractivity contribution >= 4 is 5.91 Å². The molecule has 1 fully saturated rings. The molecule has 0 radical (unpaired) electrons. The van der Waals surface area contributed by atoms with Crippen molar-refractivity contribution in [3.63, 3.8) is 0 Å². The zero-order valence-electron chi connectivity index (χ0n) is 10.8. The van der Waals surface area contributed by atoms with E-state index in [4.69, 9.17) is 15.2 Å². The van der Waals surface area contributed by atoms with Crippen molar-refractivity contribution in [2.24, 2.45) is 11.7 Å². The maximum atomic E-state index is 12.2. The topological polar surface area (TPSA) is 64.8 Å². The summed E-state index contributed by atoms with van der Waals surface area (Å²) < 4.78 is 10.6. The third-order valence-corrected chi connectivity index (χ3v) is 3.76. The van der Waals surface area contributed by atoms with Crippen LogP contribution in [0.1, 0.15) is 12.0 Å². The first-order valence-electron chi connectivity index (χ1n) is 6.62. The van der Waals surface area contributed by atoms with Crippen molar-refractivity contribution in [2.45, 2.75) is 12.8 Å². The summed E-state index contributed by atoms with van der Waals surface area (Å²) in [6.45, 7) is 2.54. The fourth-order valence-corrected chi connectivity index (χ4v) is 2.59. The highest BCUT2D eigenvalue weighted by Gasteiger charge is 2.25. The number of amides is 1. The number of fused-ring (bicyclic) bond motifs is 1. The van der Waals surface area contributed by atoms with Crippen LogP contribution in [0, 0.1) is 5.92 Å². The summed E-state index contributed by atoms with van der Waals surface area (Å²) in [5.41, 5.74) is 6.61. The molecule has 0 unspecified atom stereocenters. The molecular weight excluding hydrogens is 244 g/mol. The number of carbonyl (C=O) groups is 1. The molecule has 0 spiro atoms. The molecule has 2 heterocycles. The molecule has 102 valence electrons. The van der Waals surface area contributed by atoms with Crippen molar-refractivity contribution < 1.29 is 14.3 Å². The quantitative estimate of drug-likeness (QED) is 0.873. The van der Waals surface area contributed by atoms with Crippen LogP contribution in [0.4, 0.5) is 0 Å². The van der Waals surface area contributed by atoms with E-state index in [0.29, 0.717) is 18.9 Å². The molecule has 1 amide bonds. The molecule has 0 aromatic heterocycles. The van der Waals surface area contributed by atoms with Crippen molar-refractivity contribution in [3.05, 3.63) is 23.8 Å². The number of hydrogen-bond donors (Lipinski definition) is 1. The van der Waals surface area contributed by atoms with Gasteiger partial charge in [0.2, 0.25) is 12.7 Å². The summed E-state index contributed by atoms with van der Waals surface area (Å²) in [6, 6.07) is 5.66. The van der Waals surface area contributed by atoms with Gasteiger partial charge in [-0.1, -0.05) is 6.07 Å². The first kappa shape index (κ1) is 12.3. The average molecular weight is 262 g/mol. The Balaban J connectivity index is 1.63. The molecular formula is C14H18N2O3. The molecule has 1 aromatic carbocycles. The van der Waals surface area contributed by atoms with Gasteiger partial charge in [-0.3, -0.25) is 4.79 Å². The van der Waals surface area contributed by atoms with E-state index < -0.39 is 0 Å². The number of nitrogens with two attached hydrogens (primary N) is 1. The molecule has 1 saturated heterocycles. The molecule has 2 aliphatic heterocycles. The van der Waals surface area contributed by atoms with Gasteiger partial charge in [0.05, 0.1) is 6.42 Å². The van der Waals surface area contributed by atoms with E-state index in [0.717, 1.165) is 36.6 Å². The molecule has 5 nitrogen and oxygen atoms in total. The molecule has 3 rings (SSSR count). The lowest BCUT2D eigenvalue weighted by atomic mass is 10.1. The van der Waals surface area contributed by atoms with E-state index in [1.807, 2.05) is 23.1 Å². The Kier molecular flexibility index (Phi) is 3.29. The van der Waals surface area contributed by atoms with Gasteiger partial charge < -0.3 is 20.1 Å². The SMILES string of the molecule is NC[C@@H]1CCN(C(=O)Cc2ccc3c(c2)OCO3)C1. The molecule has 1 atom stereocenters. The zero-order valence-corrected chi connectivity index (χ0v) is 10.8. The zero-order chi connectivity index (χ0) is 13.2. The lowest BCUT2D eigenvalue weighted by Gasteiger charge is -2.16. The molecule has 5 heteroatoms. The minimum atomic E-state index is 0.162. The average Bonchev–Trinajstić information content (AvgIpc) is 3.06. The van der Waals surface area contributed by atoms with Crippen LogP contribution in [0.5, 0.6) is 11.5 Å². The van der Waals surface area contributed by atoms with Crippen molar-refractivity contribution in [3.8, 4) is 11.5 Å². The van der Waals surface area contributed by atoms with Crippen LogP contribution in [0.3, 0.4) is 0 Å². The third-order valence-electron chi connectivity index (χ3n) is 3.76. The van der Waals surface area contributed by atoms with Crippen LogP contribution < -0.4 is 15.2 Å². The monoisotopic (exact) mass is 262 g/mol. The minimum absolute atomic E-state index is 0.162. The van der Waals surface area contributed by atoms with Gasteiger partial charge in [-0.2, -0.15) is 0 Å². The van der Waals surface area contributed by atoms with Gasteiger partial charge in [0, 0.05) is 13.1 Å². The molecule has 0 aliphatic carbocycles. The first-order valence-corrected chi connectivity index (χ1v) is 6.62. The largest absolute Gasteiger partial charge is 0.454 e. The predicted octanol–water partition coefficient (Wildman–Crippen LogP) is 0.765. The van der Waals surface area contributed by atoms with E-state index in [1.165, 1.54) is 0 Å². The summed E-state index contributed by atoms with van der Waals surface area (Å²) in [4.78, 5) is 14.1. The Bertz CT molecular complexity index is 490. The van der Waals surface area contributed by atoms with Crippen LogP contribution in [0.2, 0.25) is 0 Å². The van der Waals surface area contributed by atoms with Crippen LogP contribution in [0.25, 0.3) is 0 Å². The Morgan fingerprint density at radius 3 is 3.00 bits per heavy atom. The normalized spacial score (nSPS) is 20.9. The van der Waals surface area contributed by atoms with Gasteiger partial charge in [0.15, 0.2) is 11.5 Å². The fraction of sp³-hybridized carbons (Fsp3) is 0.500. The van der Waals surface area contributed by atoms with Gasteiger partial charge in [0.25, 0.3) is 0 Å². The van der Waals surface area contributed by atoms with Gasteiger partial charge in [-0.05, 0) is 36.6 Å². The summed E-state index contributed by atoms with van der Waals surface area (Å²) in [5, 5.41) is 0. The van der Waals surface area contributed by atoms with E-state index >= 15 is 0 Å². The van der Waals surface area contributed by atoms with Gasteiger partial charge in [0.1, 0.15) is 0 Å². The number of likely N-dealkylation sites (tertiary alicyclic amines) is 1. The number of ether oxygens (including phenoxy) is 2. The molecule has 2 aliphatic rings. The summed E-state index contributed by atoms with van der Waals surface area (Å²) in [6.07, 6.45) is 1.43. The van der Waals surface area contributed by atoms with Crippen molar-refractivity contribution in [1.82, 2.24) is 4.90 Å². The first-order chi connectivity index (χ1) is 9.26. The van der Waals surface area contributed by atoms with Crippen LogP contribution >= 0.6 is 0 Å². The predicted molar refractivity (Wildman–Crippen MR) is 70.0 cm³/mol. The maximum absolute atomic E-state index is 12.2. The van der Waals surface area contributed by atoms with Crippen molar-refractivity contribution in [2.75, 3.05) is 26.4 Å². The Hall–Kier alpha value is -1.75. The molecule has 1 aromatic rings. The van der Waals surface area contributed by atoms with Gasteiger partial charge in [-0.25, -0.2) is 0 Å². The number of benzene rings is 1. The molecule has 0 saturated carbocycles. The second kappa shape index (κ2) is 5.09. The van der Waals surface area contributed by atoms with Crippen LogP contribution in [-0.4, -0.2) is 37.2 Å². The van der Waals surface area contributed by atoms with Gasteiger partial charge >= 0.3 is 0 Å². The molecule has 19 heavy (non-hydrogen) atoms. The van der Waals surface area contributed by atoms with E-state index in [2.05, 4.69) is 0 Å². The van der Waals surface area contributed by atoms with E-state index in [1.54, 1.807) is 0 Å². The molecule has 2 N–H and O–H groups in total. The second-order valence-electron chi connectivity index (χ2n) is 5.09. The highest BCUT2D eigenvalue weighted by Crippen LogP contribution is 2.32. The number of carbonyl (C=O) groups excluding carboxylic acids is 1. The number of nitrogens with zero attached hydrogens (tertiary/aromatic N) is 1. The fourth-order valence-electron chi connectivity index (χ4n) is 2.59. The maximum Gasteiger partial charge on any atom is 0.231 e. The van der Waals surface area contributed by atoms with Crippen LogP contribution in [0.15, 0.2) is 18.2 Å². The van der Waals surface area contributed by atoms with Gasteiger partial charge in [-0.15, -0.1) is 0 Å². The second-order valence-corrected chi connectivity index (χ2v) is 5.09. The van der Waals surface area contributed by atoms with E-state index in [9.17, 15) is 4.79 Å². The highest BCUT2D eigenvalue weighted by molar-refractivity contribution is 5.79. The standard InChI is InChI=1S/C14H18N2O3/c15-7-11-3-4-16(8-11)14(17)6-10-1-2-12-13(5-10)19-9-18-12/h1-2,5,11H,3-4,6-9,15H2/t11-/m0/s1. The Labute approximate surface area is 112 Å². The Morgan fingerprint density at radius 2 is 2.21 bits per heavy atom. The summed E-state index contributed by atoms with van der Waals surface area (Å²) in [7, 11) is 0. The highest BCUT2D eigenvalue weighted by atomic mass is 16.7. The summed E-state index contributed by atoms with van der Waals surface area (Å²) >= 11 is 0. The van der Waals surface area contributed by atoms with Crippen LogP contribution in [-0.2, 0) is 11.2 Å². The lowest BCUT2D eigenvalue weighted by Crippen LogP contribution is -2.31. The number of hydrogen-bond acceptors (Lipinski definition) is 4. The smallest absolute Gasteiger partial charge is 0.231 e. The van der Waals surface area contributed by atoms with Crippen molar-refractivity contribution in [1.29, 1.82) is 0 Å². The summed E-state index contributed by atoms with van der Waals surface area (Å²) in [5.74, 6) is 2.10. The third kappa shape index (κ3) is 2.51. The van der Waals surface area contributed by atoms with E-state index in [-0.39, 0.29) is 12.7 Å². The number of rotatable bonds is 3. The molecule has 0 bridgehead atoms. The minimum Gasteiger partial charge on any atom is -0.454 e.